The van der Waals surface area contributed by atoms with Crippen molar-refractivity contribution >= 4 is 5.84 Å². The Morgan fingerprint density at radius 3 is 2.57 bits per heavy atom. The van der Waals surface area contributed by atoms with Gasteiger partial charge in [0.05, 0.1) is 6.42 Å². The minimum atomic E-state index is 0.927. The van der Waals surface area contributed by atoms with Crippen LogP contribution in [0.1, 0.15) is 6.42 Å². The third-order valence-electron chi connectivity index (χ3n) is 2.40. The first-order valence-corrected chi connectivity index (χ1v) is 5.02. The van der Waals surface area contributed by atoms with Gasteiger partial charge in [0.15, 0.2) is 0 Å². The van der Waals surface area contributed by atoms with Crippen molar-refractivity contribution in [2.45, 2.75) is 6.42 Å². The van der Waals surface area contributed by atoms with Crippen molar-refractivity contribution < 1.29 is 4.58 Å². The molecule has 0 unspecified atom stereocenters. The fourth-order valence-corrected chi connectivity index (χ4v) is 1.79. The molecule has 0 atom stereocenters. The molecule has 1 heterocycles. The lowest BCUT2D eigenvalue weighted by Crippen LogP contribution is -2.29. The quantitative estimate of drug-likeness (QED) is 0.457. The molecule has 0 spiro atoms. The molecule has 14 heavy (non-hydrogen) atoms. The Morgan fingerprint density at radius 1 is 1.21 bits per heavy atom. The van der Waals surface area contributed by atoms with Gasteiger partial charge < -0.3 is 0 Å². The van der Waals surface area contributed by atoms with Gasteiger partial charge >= 0.3 is 0 Å². The standard InChI is InChI=1S/C12H19N2/c1-4-7-12-13(8-5-2)10-11-14(12)9-6-3/h4-6H,1-3,7-11H2/q+1. The SMILES string of the molecule is C=CCC1=[N+](CC=C)CCN1CC=C. The van der Waals surface area contributed by atoms with Crippen molar-refractivity contribution in [1.29, 1.82) is 0 Å². The summed E-state index contributed by atoms with van der Waals surface area (Å²) >= 11 is 0. The van der Waals surface area contributed by atoms with E-state index in [2.05, 4.69) is 29.2 Å². The number of hydrogen-bond acceptors (Lipinski definition) is 1. The van der Waals surface area contributed by atoms with Crippen LogP contribution in [0.25, 0.3) is 0 Å². The minimum Gasteiger partial charge on any atom is -0.258 e. The summed E-state index contributed by atoms with van der Waals surface area (Å²) < 4.78 is 2.35. The van der Waals surface area contributed by atoms with Gasteiger partial charge in [-0.15, -0.1) is 6.58 Å². The molecule has 0 aliphatic carbocycles. The summed E-state index contributed by atoms with van der Waals surface area (Å²) in [4.78, 5) is 2.35. The minimum absolute atomic E-state index is 0.927. The molecule has 0 fully saturated rings. The monoisotopic (exact) mass is 191 g/mol. The molecule has 0 N–H and O–H groups in total. The van der Waals surface area contributed by atoms with Gasteiger partial charge in [-0.25, -0.2) is 0 Å². The van der Waals surface area contributed by atoms with E-state index in [0.717, 1.165) is 32.6 Å². The number of hydrogen-bond donors (Lipinski definition) is 0. The van der Waals surface area contributed by atoms with E-state index >= 15 is 0 Å². The highest BCUT2D eigenvalue weighted by Gasteiger charge is 2.27. The van der Waals surface area contributed by atoms with E-state index in [1.807, 2.05) is 18.2 Å². The Hall–Kier alpha value is -1.31. The Morgan fingerprint density at radius 2 is 2.00 bits per heavy atom. The fraction of sp³-hybridized carbons (Fsp3) is 0.417. The van der Waals surface area contributed by atoms with Gasteiger partial charge in [0.25, 0.3) is 5.84 Å². The second-order valence-corrected chi connectivity index (χ2v) is 3.38. The lowest BCUT2D eigenvalue weighted by Gasteiger charge is -2.09. The van der Waals surface area contributed by atoms with Crippen LogP contribution in [0.15, 0.2) is 38.0 Å². The Kier molecular flexibility index (Phi) is 4.17. The fourth-order valence-electron chi connectivity index (χ4n) is 1.79. The van der Waals surface area contributed by atoms with E-state index in [9.17, 15) is 0 Å². The van der Waals surface area contributed by atoms with Crippen molar-refractivity contribution in [3.63, 3.8) is 0 Å². The highest BCUT2D eigenvalue weighted by atomic mass is 15.3. The van der Waals surface area contributed by atoms with Crippen LogP contribution >= 0.6 is 0 Å². The first-order valence-electron chi connectivity index (χ1n) is 5.02. The van der Waals surface area contributed by atoms with Gasteiger partial charge in [0.2, 0.25) is 0 Å². The molecule has 0 aromatic heterocycles. The molecule has 1 rings (SSSR count). The lowest BCUT2D eigenvalue weighted by molar-refractivity contribution is -0.508. The van der Waals surface area contributed by atoms with Crippen molar-refractivity contribution in [3.8, 4) is 0 Å². The second-order valence-electron chi connectivity index (χ2n) is 3.38. The molecule has 2 heteroatoms. The molecule has 0 radical (unpaired) electrons. The number of nitrogens with zero attached hydrogens (tertiary/aromatic N) is 2. The predicted octanol–water partition coefficient (Wildman–Crippen LogP) is 1.66. The van der Waals surface area contributed by atoms with E-state index in [1.54, 1.807) is 0 Å². The summed E-state index contributed by atoms with van der Waals surface area (Å²) in [5.74, 6) is 1.35. The molecular weight excluding hydrogens is 172 g/mol. The van der Waals surface area contributed by atoms with Crippen LogP contribution in [0.3, 0.4) is 0 Å². The second kappa shape index (κ2) is 5.43. The average molecular weight is 191 g/mol. The van der Waals surface area contributed by atoms with E-state index < -0.39 is 0 Å². The first kappa shape index (κ1) is 10.8. The number of rotatable bonds is 6. The van der Waals surface area contributed by atoms with Gasteiger partial charge in [0, 0.05) is 0 Å². The third kappa shape index (κ3) is 2.34. The maximum atomic E-state index is 3.79. The van der Waals surface area contributed by atoms with Gasteiger partial charge in [-0.2, -0.15) is 0 Å². The van der Waals surface area contributed by atoms with Gasteiger partial charge in [-0.3, -0.25) is 9.48 Å². The molecule has 0 aromatic carbocycles. The summed E-state index contributed by atoms with van der Waals surface area (Å²) in [5.41, 5.74) is 0. The molecule has 0 saturated heterocycles. The summed E-state index contributed by atoms with van der Waals surface area (Å²) in [5, 5.41) is 0. The van der Waals surface area contributed by atoms with Crippen LogP contribution in [0, 0.1) is 0 Å². The van der Waals surface area contributed by atoms with Gasteiger partial charge in [0.1, 0.15) is 26.2 Å². The Bertz CT molecular complexity index is 263. The van der Waals surface area contributed by atoms with Gasteiger partial charge in [-0.05, 0) is 0 Å². The van der Waals surface area contributed by atoms with Crippen LogP contribution in [0.4, 0.5) is 0 Å². The van der Waals surface area contributed by atoms with Crippen LogP contribution in [-0.4, -0.2) is 41.5 Å². The van der Waals surface area contributed by atoms with Gasteiger partial charge in [-0.1, -0.05) is 31.4 Å². The van der Waals surface area contributed by atoms with Crippen molar-refractivity contribution in [2.75, 3.05) is 26.2 Å². The van der Waals surface area contributed by atoms with Crippen LogP contribution in [0.5, 0.6) is 0 Å². The van der Waals surface area contributed by atoms with Crippen LogP contribution in [-0.2, 0) is 0 Å². The Labute approximate surface area is 86.5 Å². The molecule has 1 aliphatic rings. The summed E-state index contributed by atoms with van der Waals surface area (Å²) in [6.45, 7) is 15.4. The highest BCUT2D eigenvalue weighted by Crippen LogP contribution is 2.05. The van der Waals surface area contributed by atoms with Crippen molar-refractivity contribution in [2.24, 2.45) is 0 Å². The molecule has 0 amide bonds. The van der Waals surface area contributed by atoms with Crippen molar-refractivity contribution in [1.82, 2.24) is 4.90 Å². The van der Waals surface area contributed by atoms with Crippen molar-refractivity contribution in [3.05, 3.63) is 38.0 Å². The molecule has 2 nitrogen and oxygen atoms in total. The molecule has 1 aliphatic heterocycles. The zero-order valence-electron chi connectivity index (χ0n) is 8.78. The molecule has 0 aromatic rings. The van der Waals surface area contributed by atoms with E-state index in [-0.39, 0.29) is 0 Å². The number of amidine groups is 1. The molecule has 76 valence electrons. The zero-order chi connectivity index (χ0) is 10.4. The molecule has 0 bridgehead atoms. The third-order valence-corrected chi connectivity index (χ3v) is 2.40. The highest BCUT2D eigenvalue weighted by molar-refractivity contribution is 5.80. The van der Waals surface area contributed by atoms with E-state index in [1.165, 1.54) is 5.84 Å². The smallest absolute Gasteiger partial charge is 0.251 e. The lowest BCUT2D eigenvalue weighted by atomic mass is 10.3. The van der Waals surface area contributed by atoms with Crippen LogP contribution in [0.2, 0.25) is 0 Å². The zero-order valence-corrected chi connectivity index (χ0v) is 8.78. The van der Waals surface area contributed by atoms with Crippen LogP contribution < -0.4 is 0 Å². The molecule has 0 saturated carbocycles. The summed E-state index contributed by atoms with van der Waals surface area (Å²) in [7, 11) is 0. The summed E-state index contributed by atoms with van der Waals surface area (Å²) in [6.07, 6.45) is 6.77. The van der Waals surface area contributed by atoms with E-state index in [0.29, 0.717) is 0 Å². The first-order chi connectivity index (χ1) is 6.83. The topological polar surface area (TPSA) is 6.25 Å². The van der Waals surface area contributed by atoms with E-state index in [4.69, 9.17) is 0 Å². The largest absolute Gasteiger partial charge is 0.258 e. The average Bonchev–Trinajstić information content (AvgIpc) is 2.52. The Balaban J connectivity index is 2.76. The normalized spacial score (nSPS) is 15.9. The summed E-state index contributed by atoms with van der Waals surface area (Å²) in [6, 6.07) is 0. The predicted molar refractivity (Wildman–Crippen MR) is 61.8 cm³/mol. The maximum absolute atomic E-state index is 3.79. The maximum Gasteiger partial charge on any atom is 0.251 e. The molecular formula is C12H19N2+.